The van der Waals surface area contributed by atoms with Crippen molar-refractivity contribution in [1.29, 1.82) is 0 Å². The minimum atomic E-state index is -0.299. The summed E-state index contributed by atoms with van der Waals surface area (Å²) in [5.74, 6) is -0.0619. The Morgan fingerprint density at radius 2 is 1.76 bits per heavy atom. The quantitative estimate of drug-likeness (QED) is 0.566. The van der Waals surface area contributed by atoms with E-state index in [1.54, 1.807) is 0 Å². The number of carbonyl (C=O) groups is 1. The number of hydrogen-bond acceptors (Lipinski definition) is 4. The molecule has 6 heteroatoms. The van der Waals surface area contributed by atoms with Gasteiger partial charge in [-0.25, -0.2) is 0 Å². The Labute approximate surface area is 149 Å². The number of aromatic nitrogens is 3. The fourth-order valence-electron chi connectivity index (χ4n) is 2.67. The van der Waals surface area contributed by atoms with E-state index in [0.29, 0.717) is 5.16 Å². The van der Waals surface area contributed by atoms with E-state index in [2.05, 4.69) is 21.6 Å². The Hall–Kier alpha value is -2.86. The zero-order valence-corrected chi connectivity index (χ0v) is 14.4. The van der Waals surface area contributed by atoms with Crippen LogP contribution in [0.1, 0.15) is 6.92 Å². The SMILES string of the molecule is C[C@@H](Sc1nnc2ccc3ccccc3n12)C(=O)Nc1ccccc1. The number of thioether (sulfide) groups is 1. The number of amides is 1. The second-order valence-electron chi connectivity index (χ2n) is 5.68. The molecule has 0 fully saturated rings. The van der Waals surface area contributed by atoms with Gasteiger partial charge >= 0.3 is 0 Å². The standard InChI is InChI=1S/C19H16N4OS/c1-13(18(24)20-15-8-3-2-4-9-15)25-19-22-21-17-12-11-14-7-5-6-10-16(14)23(17)19/h2-13H,1H3,(H,20,24)/t13-/m1/s1. The number of benzene rings is 2. The van der Waals surface area contributed by atoms with Gasteiger partial charge in [0.1, 0.15) is 0 Å². The third-order valence-electron chi connectivity index (χ3n) is 3.94. The van der Waals surface area contributed by atoms with Crippen LogP contribution >= 0.6 is 11.8 Å². The summed E-state index contributed by atoms with van der Waals surface area (Å²) in [4.78, 5) is 12.4. The van der Waals surface area contributed by atoms with E-state index in [1.807, 2.05) is 72.0 Å². The molecule has 2 aromatic carbocycles. The third-order valence-corrected chi connectivity index (χ3v) is 4.98. The van der Waals surface area contributed by atoms with Crippen molar-refractivity contribution >= 4 is 39.9 Å². The van der Waals surface area contributed by atoms with Crippen LogP contribution in [0.25, 0.3) is 16.6 Å². The van der Waals surface area contributed by atoms with E-state index < -0.39 is 0 Å². The Bertz CT molecular complexity index is 1050. The molecule has 0 bridgehead atoms. The minimum absolute atomic E-state index is 0.0619. The van der Waals surface area contributed by atoms with Gasteiger partial charge in [0.15, 0.2) is 10.8 Å². The summed E-state index contributed by atoms with van der Waals surface area (Å²) in [6, 6.07) is 21.5. The molecule has 0 aliphatic rings. The highest BCUT2D eigenvalue weighted by molar-refractivity contribution is 8.00. The largest absolute Gasteiger partial charge is 0.325 e. The van der Waals surface area contributed by atoms with Crippen molar-refractivity contribution in [3.8, 4) is 0 Å². The second kappa shape index (κ2) is 6.57. The Morgan fingerprint density at radius 3 is 2.60 bits per heavy atom. The lowest BCUT2D eigenvalue weighted by Gasteiger charge is -2.11. The molecule has 0 unspecified atom stereocenters. The predicted octanol–water partition coefficient (Wildman–Crippen LogP) is 4.00. The maximum absolute atomic E-state index is 12.4. The normalized spacial score (nSPS) is 12.4. The van der Waals surface area contributed by atoms with Crippen LogP contribution in [0.5, 0.6) is 0 Å². The summed E-state index contributed by atoms with van der Waals surface area (Å²) in [6.07, 6.45) is 0. The van der Waals surface area contributed by atoms with Crippen molar-refractivity contribution in [2.45, 2.75) is 17.3 Å². The number of nitrogens with zero attached hydrogens (tertiary/aromatic N) is 3. The number of nitrogens with one attached hydrogen (secondary N) is 1. The van der Waals surface area contributed by atoms with Crippen molar-refractivity contribution in [3.63, 3.8) is 0 Å². The van der Waals surface area contributed by atoms with E-state index in [1.165, 1.54) is 11.8 Å². The first-order chi connectivity index (χ1) is 12.2. The van der Waals surface area contributed by atoms with Crippen molar-refractivity contribution in [3.05, 3.63) is 66.7 Å². The monoisotopic (exact) mass is 348 g/mol. The zero-order chi connectivity index (χ0) is 17.2. The predicted molar refractivity (Wildman–Crippen MR) is 101 cm³/mol. The van der Waals surface area contributed by atoms with E-state index in [-0.39, 0.29) is 11.2 Å². The van der Waals surface area contributed by atoms with Gasteiger partial charge in [0.2, 0.25) is 5.91 Å². The van der Waals surface area contributed by atoms with E-state index in [0.717, 1.165) is 22.2 Å². The highest BCUT2D eigenvalue weighted by Gasteiger charge is 2.19. The molecule has 0 aliphatic heterocycles. The van der Waals surface area contributed by atoms with E-state index in [9.17, 15) is 4.79 Å². The van der Waals surface area contributed by atoms with Gasteiger partial charge in [-0.05, 0) is 42.6 Å². The summed E-state index contributed by atoms with van der Waals surface area (Å²) in [5.41, 5.74) is 2.59. The number of fused-ring (bicyclic) bond motifs is 3. The first-order valence-electron chi connectivity index (χ1n) is 7.98. The molecule has 4 aromatic rings. The van der Waals surface area contributed by atoms with Crippen LogP contribution in [-0.4, -0.2) is 25.8 Å². The molecule has 1 amide bonds. The van der Waals surface area contributed by atoms with Gasteiger partial charge in [0.05, 0.1) is 10.8 Å². The molecular formula is C19H16N4OS. The maximum Gasteiger partial charge on any atom is 0.237 e. The van der Waals surface area contributed by atoms with E-state index >= 15 is 0 Å². The van der Waals surface area contributed by atoms with Crippen LogP contribution < -0.4 is 5.32 Å². The Balaban J connectivity index is 1.62. The molecule has 0 aliphatic carbocycles. The number of anilines is 1. The van der Waals surface area contributed by atoms with Gasteiger partial charge in [-0.15, -0.1) is 10.2 Å². The molecular weight excluding hydrogens is 332 g/mol. The first kappa shape index (κ1) is 15.7. The summed E-state index contributed by atoms with van der Waals surface area (Å²) in [7, 11) is 0. The molecule has 1 N–H and O–H groups in total. The average Bonchev–Trinajstić information content (AvgIpc) is 3.06. The molecule has 25 heavy (non-hydrogen) atoms. The van der Waals surface area contributed by atoms with Gasteiger partial charge in [-0.3, -0.25) is 9.20 Å². The summed E-state index contributed by atoms with van der Waals surface area (Å²) < 4.78 is 1.99. The molecule has 0 saturated heterocycles. The first-order valence-corrected chi connectivity index (χ1v) is 8.86. The molecule has 5 nitrogen and oxygen atoms in total. The van der Waals surface area contributed by atoms with E-state index in [4.69, 9.17) is 0 Å². The summed E-state index contributed by atoms with van der Waals surface area (Å²) in [6.45, 7) is 1.87. The molecule has 0 saturated carbocycles. The lowest BCUT2D eigenvalue weighted by Crippen LogP contribution is -2.22. The third kappa shape index (κ3) is 3.08. The number of pyridine rings is 1. The average molecular weight is 348 g/mol. The van der Waals surface area contributed by atoms with Crippen LogP contribution in [0.15, 0.2) is 71.9 Å². The highest BCUT2D eigenvalue weighted by atomic mass is 32.2. The fourth-order valence-corrected chi connectivity index (χ4v) is 3.53. The smallest absolute Gasteiger partial charge is 0.237 e. The van der Waals surface area contributed by atoms with Crippen molar-refractivity contribution in [2.24, 2.45) is 0 Å². The van der Waals surface area contributed by atoms with Crippen molar-refractivity contribution in [1.82, 2.24) is 14.6 Å². The minimum Gasteiger partial charge on any atom is -0.325 e. The van der Waals surface area contributed by atoms with Gasteiger partial charge < -0.3 is 5.32 Å². The summed E-state index contributed by atoms with van der Waals surface area (Å²) in [5, 5.41) is 12.9. The number of para-hydroxylation sites is 2. The van der Waals surface area contributed by atoms with Gasteiger partial charge in [-0.1, -0.05) is 48.2 Å². The molecule has 4 rings (SSSR count). The van der Waals surface area contributed by atoms with Gasteiger partial charge in [0, 0.05) is 5.69 Å². The Kier molecular flexibility index (Phi) is 4.11. The number of carbonyl (C=O) groups excluding carboxylic acids is 1. The van der Waals surface area contributed by atoms with Crippen molar-refractivity contribution < 1.29 is 4.79 Å². The molecule has 1 atom stereocenters. The lowest BCUT2D eigenvalue weighted by molar-refractivity contribution is -0.115. The van der Waals surface area contributed by atoms with Crippen LogP contribution in [0.3, 0.4) is 0 Å². The number of hydrogen-bond donors (Lipinski definition) is 1. The molecule has 0 spiro atoms. The maximum atomic E-state index is 12.4. The summed E-state index contributed by atoms with van der Waals surface area (Å²) >= 11 is 1.40. The molecule has 124 valence electrons. The van der Waals surface area contributed by atoms with Crippen molar-refractivity contribution in [2.75, 3.05) is 5.32 Å². The Morgan fingerprint density at radius 1 is 1.00 bits per heavy atom. The molecule has 0 radical (unpaired) electrons. The van der Waals surface area contributed by atoms with Gasteiger partial charge in [0.25, 0.3) is 0 Å². The lowest BCUT2D eigenvalue weighted by atomic mass is 10.2. The number of rotatable bonds is 4. The van der Waals surface area contributed by atoms with Gasteiger partial charge in [-0.2, -0.15) is 0 Å². The highest BCUT2D eigenvalue weighted by Crippen LogP contribution is 2.26. The van der Waals surface area contributed by atoms with Crippen LogP contribution in [-0.2, 0) is 4.79 Å². The topological polar surface area (TPSA) is 59.3 Å². The molecule has 2 aromatic heterocycles. The zero-order valence-electron chi connectivity index (χ0n) is 13.6. The van der Waals surface area contributed by atoms with Crippen LogP contribution in [0, 0.1) is 0 Å². The fraction of sp³-hybridized carbons (Fsp3) is 0.105. The second-order valence-corrected chi connectivity index (χ2v) is 6.99. The van der Waals surface area contributed by atoms with Crippen LogP contribution in [0.2, 0.25) is 0 Å². The van der Waals surface area contributed by atoms with Crippen LogP contribution in [0.4, 0.5) is 5.69 Å². The molecule has 2 heterocycles.